The van der Waals surface area contributed by atoms with Gasteiger partial charge in [-0.1, -0.05) is 30.4 Å². The molecule has 0 saturated heterocycles. The lowest BCUT2D eigenvalue weighted by atomic mass is 10.1. The van der Waals surface area contributed by atoms with Crippen molar-refractivity contribution >= 4 is 6.08 Å². The molecule has 82 valence electrons. The van der Waals surface area contributed by atoms with E-state index in [9.17, 15) is 5.11 Å². The fourth-order valence-electron chi connectivity index (χ4n) is 1.51. The first-order chi connectivity index (χ1) is 7.31. The molecule has 0 aliphatic heterocycles. The van der Waals surface area contributed by atoms with Crippen LogP contribution in [-0.2, 0) is 4.74 Å². The third-order valence-corrected chi connectivity index (χ3v) is 2.18. The average Bonchev–Trinajstić information content (AvgIpc) is 2.27. The lowest BCUT2D eigenvalue weighted by Gasteiger charge is -2.14. The van der Waals surface area contributed by atoms with Crippen LogP contribution in [-0.4, -0.2) is 18.3 Å². The fraction of sp³-hybridized carbons (Fsp3) is 0.385. The van der Waals surface area contributed by atoms with E-state index in [4.69, 9.17) is 4.74 Å². The quantitative estimate of drug-likeness (QED) is 0.802. The third-order valence-electron chi connectivity index (χ3n) is 2.18. The van der Waals surface area contributed by atoms with Crippen molar-refractivity contribution in [3.8, 4) is 0 Å². The summed E-state index contributed by atoms with van der Waals surface area (Å²) in [4.78, 5) is 0. The average molecular weight is 206 g/mol. The molecule has 0 aliphatic rings. The predicted octanol–water partition coefficient (Wildman–Crippen LogP) is 2.79. The number of hydrogen-bond donors (Lipinski definition) is 1. The van der Waals surface area contributed by atoms with Crippen LogP contribution >= 0.6 is 0 Å². The molecule has 15 heavy (non-hydrogen) atoms. The summed E-state index contributed by atoms with van der Waals surface area (Å²) < 4.78 is 5.44. The SMILES string of the molecule is C/C=C/c1cccc([C@H](CO)OCC)c1. The largest absolute Gasteiger partial charge is 0.393 e. The van der Waals surface area contributed by atoms with Gasteiger partial charge in [-0.05, 0) is 31.0 Å². The monoisotopic (exact) mass is 206 g/mol. The summed E-state index contributed by atoms with van der Waals surface area (Å²) in [5.74, 6) is 0. The van der Waals surface area contributed by atoms with Crippen molar-refractivity contribution in [2.45, 2.75) is 20.0 Å². The lowest BCUT2D eigenvalue weighted by molar-refractivity contribution is 0.0189. The summed E-state index contributed by atoms with van der Waals surface area (Å²) in [6, 6.07) is 8.02. The van der Waals surface area contributed by atoms with Gasteiger partial charge in [-0.25, -0.2) is 0 Å². The molecule has 1 aromatic carbocycles. The molecular weight excluding hydrogens is 188 g/mol. The van der Waals surface area contributed by atoms with Crippen molar-refractivity contribution in [2.24, 2.45) is 0 Å². The van der Waals surface area contributed by atoms with E-state index >= 15 is 0 Å². The van der Waals surface area contributed by atoms with Gasteiger partial charge >= 0.3 is 0 Å². The normalized spacial score (nSPS) is 13.3. The van der Waals surface area contributed by atoms with Crippen LogP contribution in [0.5, 0.6) is 0 Å². The number of aliphatic hydroxyl groups excluding tert-OH is 1. The summed E-state index contributed by atoms with van der Waals surface area (Å²) in [7, 11) is 0. The van der Waals surface area contributed by atoms with E-state index in [0.717, 1.165) is 11.1 Å². The number of allylic oxidation sites excluding steroid dienone is 1. The zero-order valence-electron chi connectivity index (χ0n) is 9.31. The summed E-state index contributed by atoms with van der Waals surface area (Å²) >= 11 is 0. The maximum Gasteiger partial charge on any atom is 0.106 e. The van der Waals surface area contributed by atoms with Gasteiger partial charge in [0.1, 0.15) is 6.10 Å². The van der Waals surface area contributed by atoms with Crippen LogP contribution in [0.4, 0.5) is 0 Å². The summed E-state index contributed by atoms with van der Waals surface area (Å²) in [6.45, 7) is 4.55. The van der Waals surface area contributed by atoms with Crippen LogP contribution in [0, 0.1) is 0 Å². The molecule has 0 saturated carbocycles. The van der Waals surface area contributed by atoms with Gasteiger partial charge in [0.15, 0.2) is 0 Å². The van der Waals surface area contributed by atoms with E-state index in [1.807, 2.05) is 50.3 Å². The highest BCUT2D eigenvalue weighted by Gasteiger charge is 2.09. The van der Waals surface area contributed by atoms with Crippen LogP contribution in [0.25, 0.3) is 6.08 Å². The maximum atomic E-state index is 9.19. The first-order valence-electron chi connectivity index (χ1n) is 5.27. The van der Waals surface area contributed by atoms with Crippen molar-refractivity contribution in [3.63, 3.8) is 0 Å². The Morgan fingerprint density at radius 3 is 2.87 bits per heavy atom. The molecular formula is C13H18O2. The highest BCUT2D eigenvalue weighted by molar-refractivity contribution is 5.50. The minimum Gasteiger partial charge on any atom is -0.393 e. The highest BCUT2D eigenvalue weighted by Crippen LogP contribution is 2.18. The number of ether oxygens (including phenoxy) is 1. The summed E-state index contributed by atoms with van der Waals surface area (Å²) in [5, 5.41) is 9.19. The van der Waals surface area contributed by atoms with E-state index < -0.39 is 0 Å². The highest BCUT2D eigenvalue weighted by atomic mass is 16.5. The van der Waals surface area contributed by atoms with Gasteiger partial charge in [-0.2, -0.15) is 0 Å². The Hall–Kier alpha value is -1.12. The number of aliphatic hydroxyl groups is 1. The Bertz CT molecular complexity index is 318. The van der Waals surface area contributed by atoms with Gasteiger partial charge in [0, 0.05) is 6.61 Å². The molecule has 1 N–H and O–H groups in total. The van der Waals surface area contributed by atoms with Crippen molar-refractivity contribution in [2.75, 3.05) is 13.2 Å². The van der Waals surface area contributed by atoms with E-state index in [2.05, 4.69) is 0 Å². The van der Waals surface area contributed by atoms with Crippen molar-refractivity contribution < 1.29 is 9.84 Å². The first-order valence-corrected chi connectivity index (χ1v) is 5.27. The minimum atomic E-state index is -0.208. The summed E-state index contributed by atoms with van der Waals surface area (Å²) in [6.07, 6.45) is 3.82. The van der Waals surface area contributed by atoms with Crippen LogP contribution < -0.4 is 0 Å². The second kappa shape index (κ2) is 6.38. The fourth-order valence-corrected chi connectivity index (χ4v) is 1.51. The molecule has 0 aliphatic carbocycles. The van der Waals surface area contributed by atoms with E-state index in [1.165, 1.54) is 0 Å². The second-order valence-corrected chi connectivity index (χ2v) is 3.30. The maximum absolute atomic E-state index is 9.19. The predicted molar refractivity (Wildman–Crippen MR) is 62.6 cm³/mol. The molecule has 0 fully saturated rings. The Morgan fingerprint density at radius 1 is 1.47 bits per heavy atom. The first kappa shape index (κ1) is 12.0. The molecule has 2 heteroatoms. The Balaban J connectivity index is 2.87. The standard InChI is InChI=1S/C13H18O2/c1-3-6-11-7-5-8-12(9-11)13(10-14)15-4-2/h3,5-9,13-14H,4,10H2,1-2H3/b6-3+/t13-/m0/s1. The molecule has 0 heterocycles. The van der Waals surface area contributed by atoms with E-state index in [1.54, 1.807) is 0 Å². The third kappa shape index (κ3) is 3.50. The van der Waals surface area contributed by atoms with Crippen LogP contribution in [0.3, 0.4) is 0 Å². The van der Waals surface area contributed by atoms with Crippen LogP contribution in [0.15, 0.2) is 30.3 Å². The Kier molecular flexibility index (Phi) is 5.08. The molecule has 0 spiro atoms. The van der Waals surface area contributed by atoms with Gasteiger partial charge in [0.25, 0.3) is 0 Å². The molecule has 0 aromatic heterocycles. The second-order valence-electron chi connectivity index (χ2n) is 3.30. The molecule has 2 nitrogen and oxygen atoms in total. The molecule has 0 unspecified atom stereocenters. The zero-order chi connectivity index (χ0) is 11.1. The topological polar surface area (TPSA) is 29.5 Å². The molecule has 0 radical (unpaired) electrons. The Labute approximate surface area is 91.2 Å². The molecule has 0 amide bonds. The van der Waals surface area contributed by atoms with Crippen LogP contribution in [0.2, 0.25) is 0 Å². The number of benzene rings is 1. The van der Waals surface area contributed by atoms with E-state index in [-0.39, 0.29) is 12.7 Å². The molecule has 1 rings (SSSR count). The number of rotatable bonds is 5. The smallest absolute Gasteiger partial charge is 0.106 e. The lowest BCUT2D eigenvalue weighted by Crippen LogP contribution is -2.08. The molecule has 1 aromatic rings. The zero-order valence-corrected chi connectivity index (χ0v) is 9.31. The van der Waals surface area contributed by atoms with Crippen LogP contribution in [0.1, 0.15) is 31.1 Å². The van der Waals surface area contributed by atoms with Gasteiger partial charge in [-0.3, -0.25) is 0 Å². The minimum absolute atomic E-state index is 0.0210. The molecule has 1 atom stereocenters. The Morgan fingerprint density at radius 2 is 2.27 bits per heavy atom. The number of hydrogen-bond acceptors (Lipinski definition) is 2. The van der Waals surface area contributed by atoms with Gasteiger partial charge in [0.2, 0.25) is 0 Å². The van der Waals surface area contributed by atoms with Gasteiger partial charge in [0.05, 0.1) is 6.61 Å². The molecule has 0 bridgehead atoms. The van der Waals surface area contributed by atoms with Gasteiger partial charge < -0.3 is 9.84 Å². The van der Waals surface area contributed by atoms with Crippen molar-refractivity contribution in [1.82, 2.24) is 0 Å². The van der Waals surface area contributed by atoms with E-state index in [0.29, 0.717) is 6.61 Å². The van der Waals surface area contributed by atoms with Crippen molar-refractivity contribution in [1.29, 1.82) is 0 Å². The summed E-state index contributed by atoms with van der Waals surface area (Å²) in [5.41, 5.74) is 2.16. The van der Waals surface area contributed by atoms with Crippen molar-refractivity contribution in [3.05, 3.63) is 41.5 Å². The van der Waals surface area contributed by atoms with Gasteiger partial charge in [-0.15, -0.1) is 0 Å².